The number of esters is 1. The number of allylic oxidation sites excluding steroid dienone is 1. The Morgan fingerprint density at radius 1 is 1.22 bits per heavy atom. The van der Waals surface area contributed by atoms with Crippen LogP contribution < -0.4 is 4.74 Å². The molecule has 0 aliphatic heterocycles. The van der Waals surface area contributed by atoms with Crippen LogP contribution in [0.15, 0.2) is 35.9 Å². The predicted octanol–water partition coefficient (Wildman–Crippen LogP) is 4.76. The molecule has 1 aromatic carbocycles. The molecule has 4 nitrogen and oxygen atoms in total. The number of methoxy groups -OCH3 is 1. The summed E-state index contributed by atoms with van der Waals surface area (Å²) in [7, 11) is 1.60. The van der Waals surface area contributed by atoms with Crippen molar-refractivity contribution in [1.29, 1.82) is 0 Å². The van der Waals surface area contributed by atoms with Crippen molar-refractivity contribution in [3.8, 4) is 5.75 Å². The van der Waals surface area contributed by atoms with E-state index in [0.29, 0.717) is 17.7 Å². The third-order valence-corrected chi connectivity index (χ3v) is 6.78. The van der Waals surface area contributed by atoms with E-state index in [1.165, 1.54) is 5.57 Å². The summed E-state index contributed by atoms with van der Waals surface area (Å²) in [6, 6.07) is 6.98. The van der Waals surface area contributed by atoms with Crippen LogP contribution in [0.1, 0.15) is 63.7 Å². The lowest BCUT2D eigenvalue weighted by atomic mass is 9.67. The molecule has 0 bridgehead atoms. The highest BCUT2D eigenvalue weighted by Gasteiger charge is 2.59. The number of benzene rings is 1. The largest absolute Gasteiger partial charge is 0.497 e. The average Bonchev–Trinajstić information content (AvgIpc) is 2.85. The molecule has 4 atom stereocenters. The van der Waals surface area contributed by atoms with Gasteiger partial charge in [0.25, 0.3) is 0 Å². The third kappa shape index (κ3) is 3.64. The number of carbonyl (C=O) groups excluding carboxylic acids is 1. The molecule has 1 fully saturated rings. The highest BCUT2D eigenvalue weighted by molar-refractivity contribution is 5.89. The summed E-state index contributed by atoms with van der Waals surface area (Å²) in [6.07, 6.45) is 5.26. The number of rotatable bonds is 4. The van der Waals surface area contributed by atoms with Crippen molar-refractivity contribution in [1.82, 2.24) is 0 Å². The molecule has 2 aliphatic rings. The van der Waals surface area contributed by atoms with E-state index in [1.54, 1.807) is 31.4 Å². The minimum atomic E-state index is -0.807. The van der Waals surface area contributed by atoms with Crippen LogP contribution in [0, 0.1) is 17.3 Å². The second kappa shape index (κ2) is 7.31. The Labute approximate surface area is 162 Å². The van der Waals surface area contributed by atoms with Crippen LogP contribution >= 0.6 is 0 Å². The van der Waals surface area contributed by atoms with Gasteiger partial charge in [0.1, 0.15) is 11.9 Å². The van der Waals surface area contributed by atoms with Gasteiger partial charge in [-0.05, 0) is 61.8 Å². The first-order chi connectivity index (χ1) is 12.7. The van der Waals surface area contributed by atoms with Gasteiger partial charge in [0.2, 0.25) is 0 Å². The summed E-state index contributed by atoms with van der Waals surface area (Å²) in [5.41, 5.74) is 0.874. The van der Waals surface area contributed by atoms with Crippen molar-refractivity contribution in [3.63, 3.8) is 0 Å². The Bertz CT molecular complexity index is 720. The summed E-state index contributed by atoms with van der Waals surface area (Å²) < 4.78 is 11.2. The van der Waals surface area contributed by atoms with Gasteiger partial charge in [0.15, 0.2) is 0 Å². The third-order valence-electron chi connectivity index (χ3n) is 6.78. The molecule has 148 valence electrons. The fourth-order valence-electron chi connectivity index (χ4n) is 5.02. The van der Waals surface area contributed by atoms with Crippen LogP contribution in [0.4, 0.5) is 0 Å². The molecule has 2 aliphatic carbocycles. The smallest absolute Gasteiger partial charge is 0.338 e. The summed E-state index contributed by atoms with van der Waals surface area (Å²) in [5.74, 6) is 0.417. The second-order valence-electron chi connectivity index (χ2n) is 8.91. The first kappa shape index (κ1) is 19.9. The van der Waals surface area contributed by atoms with Crippen LogP contribution in [0.2, 0.25) is 0 Å². The second-order valence-corrected chi connectivity index (χ2v) is 8.91. The fraction of sp³-hybridized carbons (Fsp3) is 0.609. The van der Waals surface area contributed by atoms with Crippen molar-refractivity contribution in [2.24, 2.45) is 17.3 Å². The highest BCUT2D eigenvalue weighted by atomic mass is 16.5. The summed E-state index contributed by atoms with van der Waals surface area (Å²) in [4.78, 5) is 12.8. The minimum Gasteiger partial charge on any atom is -0.497 e. The quantitative estimate of drug-likeness (QED) is 0.611. The van der Waals surface area contributed by atoms with E-state index in [1.807, 2.05) is 0 Å². The maximum atomic E-state index is 12.8. The van der Waals surface area contributed by atoms with Gasteiger partial charge in [0.05, 0.1) is 18.3 Å². The zero-order valence-corrected chi connectivity index (χ0v) is 17.1. The molecule has 0 heterocycles. The Hall–Kier alpha value is -1.81. The standard InChI is InChI=1S/C23H32O4/c1-15(2)23(25)13-12-22(4)11-10-16(3)14-19(20(22)23)27-21(24)17-6-8-18(26-5)9-7-17/h6-10,15,19-20,25H,11-14H2,1-5H3/t19-,20+,22?,23+/m0/s1. The summed E-state index contributed by atoms with van der Waals surface area (Å²) in [5, 5.41) is 11.5. The molecule has 1 unspecified atom stereocenters. The molecule has 3 rings (SSSR count). The lowest BCUT2D eigenvalue weighted by Crippen LogP contribution is -2.50. The van der Waals surface area contributed by atoms with Crippen molar-refractivity contribution in [2.45, 2.75) is 65.1 Å². The molecule has 1 saturated carbocycles. The molecule has 1 aromatic rings. The van der Waals surface area contributed by atoms with E-state index < -0.39 is 5.60 Å². The molecule has 0 aromatic heterocycles. The number of fused-ring (bicyclic) bond motifs is 1. The maximum absolute atomic E-state index is 12.8. The van der Waals surface area contributed by atoms with E-state index in [4.69, 9.17) is 9.47 Å². The molecule has 0 radical (unpaired) electrons. The molecule has 0 spiro atoms. The molecule has 0 saturated heterocycles. The van der Waals surface area contributed by atoms with Crippen molar-refractivity contribution < 1.29 is 19.4 Å². The maximum Gasteiger partial charge on any atom is 0.338 e. The lowest BCUT2D eigenvalue weighted by molar-refractivity contribution is -0.112. The first-order valence-electron chi connectivity index (χ1n) is 9.92. The van der Waals surface area contributed by atoms with E-state index in [9.17, 15) is 9.90 Å². The Kier molecular flexibility index (Phi) is 5.40. The zero-order valence-electron chi connectivity index (χ0n) is 17.1. The van der Waals surface area contributed by atoms with Crippen LogP contribution in [-0.2, 0) is 4.74 Å². The Morgan fingerprint density at radius 3 is 2.48 bits per heavy atom. The van der Waals surface area contributed by atoms with Gasteiger partial charge in [-0.1, -0.05) is 32.4 Å². The van der Waals surface area contributed by atoms with E-state index in [-0.39, 0.29) is 29.3 Å². The fourth-order valence-corrected chi connectivity index (χ4v) is 5.02. The van der Waals surface area contributed by atoms with Crippen LogP contribution in [0.3, 0.4) is 0 Å². The molecule has 0 amide bonds. The first-order valence-corrected chi connectivity index (χ1v) is 9.92. The zero-order chi connectivity index (χ0) is 19.8. The monoisotopic (exact) mass is 372 g/mol. The van der Waals surface area contributed by atoms with E-state index >= 15 is 0 Å². The molecular weight excluding hydrogens is 340 g/mol. The lowest BCUT2D eigenvalue weighted by Gasteiger charge is -2.43. The molecule has 4 heteroatoms. The number of aliphatic hydroxyl groups is 1. The summed E-state index contributed by atoms with van der Waals surface area (Å²) in [6.45, 7) is 8.47. The summed E-state index contributed by atoms with van der Waals surface area (Å²) >= 11 is 0. The topological polar surface area (TPSA) is 55.8 Å². The van der Waals surface area contributed by atoms with Gasteiger partial charge in [0, 0.05) is 12.3 Å². The van der Waals surface area contributed by atoms with Gasteiger partial charge >= 0.3 is 5.97 Å². The van der Waals surface area contributed by atoms with Crippen molar-refractivity contribution in [2.75, 3.05) is 7.11 Å². The van der Waals surface area contributed by atoms with Crippen LogP contribution in [-0.4, -0.2) is 29.9 Å². The number of hydrogen-bond donors (Lipinski definition) is 1. The van der Waals surface area contributed by atoms with Crippen molar-refractivity contribution in [3.05, 3.63) is 41.5 Å². The normalized spacial score (nSPS) is 33.2. The van der Waals surface area contributed by atoms with Gasteiger partial charge in [-0.3, -0.25) is 0 Å². The molecule has 1 N–H and O–H groups in total. The number of ether oxygens (including phenoxy) is 2. The predicted molar refractivity (Wildman–Crippen MR) is 106 cm³/mol. The Balaban J connectivity index is 1.90. The SMILES string of the molecule is COc1ccc(C(=O)O[C@H]2CC(C)=CCC3(C)CC[C@@](O)(C(C)C)[C@H]23)cc1. The van der Waals surface area contributed by atoms with Crippen molar-refractivity contribution >= 4 is 5.97 Å². The number of hydrogen-bond acceptors (Lipinski definition) is 4. The van der Waals surface area contributed by atoms with Crippen LogP contribution in [0.5, 0.6) is 5.75 Å². The van der Waals surface area contributed by atoms with E-state index in [2.05, 4.69) is 33.8 Å². The number of carbonyl (C=O) groups is 1. The van der Waals surface area contributed by atoms with Gasteiger partial charge < -0.3 is 14.6 Å². The molecule has 27 heavy (non-hydrogen) atoms. The average molecular weight is 373 g/mol. The minimum absolute atomic E-state index is 0.0539. The van der Waals surface area contributed by atoms with Crippen LogP contribution in [0.25, 0.3) is 0 Å². The van der Waals surface area contributed by atoms with E-state index in [0.717, 1.165) is 19.3 Å². The Morgan fingerprint density at radius 2 is 1.89 bits per heavy atom. The van der Waals surface area contributed by atoms with Gasteiger partial charge in [-0.2, -0.15) is 0 Å². The highest BCUT2D eigenvalue weighted by Crippen LogP contribution is 2.58. The van der Waals surface area contributed by atoms with Gasteiger partial charge in [-0.15, -0.1) is 0 Å². The molecular formula is C23H32O4. The van der Waals surface area contributed by atoms with Gasteiger partial charge in [-0.25, -0.2) is 4.79 Å².